The van der Waals surface area contributed by atoms with Crippen LogP contribution in [0, 0.1) is 5.92 Å². The average Bonchev–Trinajstić information content (AvgIpc) is 3.45. The van der Waals surface area contributed by atoms with E-state index in [1.807, 2.05) is 12.1 Å². The zero-order chi connectivity index (χ0) is 17.1. The van der Waals surface area contributed by atoms with Gasteiger partial charge in [0.2, 0.25) is 0 Å². The molecule has 2 aliphatic rings. The van der Waals surface area contributed by atoms with Crippen molar-refractivity contribution in [1.29, 1.82) is 0 Å². The molecule has 1 unspecified atom stereocenters. The van der Waals surface area contributed by atoms with E-state index in [2.05, 4.69) is 46.2 Å². The molecular weight excluding hydrogens is 379 g/mol. The fourth-order valence-corrected chi connectivity index (χ4v) is 3.96. The van der Waals surface area contributed by atoms with Gasteiger partial charge in [-0.2, -0.15) is 0 Å². The SMILES string of the molecule is Cl.Cl.Oc1cccc(CC(c2ccccc2)N2CCN(CC3CC3)CC2)c1. The van der Waals surface area contributed by atoms with Gasteiger partial charge in [0.1, 0.15) is 5.75 Å². The molecule has 4 rings (SSSR count). The van der Waals surface area contributed by atoms with E-state index >= 15 is 0 Å². The lowest BCUT2D eigenvalue weighted by molar-refractivity contribution is 0.0926. The third-order valence-electron chi connectivity index (χ3n) is 5.58. The summed E-state index contributed by atoms with van der Waals surface area (Å²) in [6, 6.07) is 18.9. The van der Waals surface area contributed by atoms with Gasteiger partial charge in [-0.25, -0.2) is 0 Å². The molecule has 0 bridgehead atoms. The Hall–Kier alpha value is -1.26. The topological polar surface area (TPSA) is 26.7 Å². The highest BCUT2D eigenvalue weighted by Gasteiger charge is 2.29. The smallest absolute Gasteiger partial charge is 0.115 e. The van der Waals surface area contributed by atoms with Gasteiger partial charge in [0.15, 0.2) is 0 Å². The summed E-state index contributed by atoms with van der Waals surface area (Å²) in [5.74, 6) is 1.34. The maximum absolute atomic E-state index is 9.81. The van der Waals surface area contributed by atoms with Gasteiger partial charge < -0.3 is 10.0 Å². The predicted molar refractivity (Wildman–Crippen MR) is 116 cm³/mol. The quantitative estimate of drug-likeness (QED) is 0.759. The number of hydrogen-bond donors (Lipinski definition) is 1. The third-order valence-corrected chi connectivity index (χ3v) is 5.58. The minimum Gasteiger partial charge on any atom is -0.508 e. The fourth-order valence-electron chi connectivity index (χ4n) is 3.96. The first kappa shape index (κ1) is 22.0. The summed E-state index contributed by atoms with van der Waals surface area (Å²) in [5, 5.41) is 9.81. The Balaban J connectivity index is 0.00000131. The van der Waals surface area contributed by atoms with Crippen molar-refractivity contribution in [3.8, 4) is 5.75 Å². The number of benzene rings is 2. The Labute approximate surface area is 175 Å². The van der Waals surface area contributed by atoms with Crippen LogP contribution in [0.25, 0.3) is 0 Å². The van der Waals surface area contributed by atoms with Crippen LogP contribution >= 0.6 is 24.8 Å². The van der Waals surface area contributed by atoms with Crippen LogP contribution in [0.15, 0.2) is 54.6 Å². The molecule has 3 nitrogen and oxygen atoms in total. The summed E-state index contributed by atoms with van der Waals surface area (Å²) in [5.41, 5.74) is 2.58. The number of piperazine rings is 1. The van der Waals surface area contributed by atoms with Gasteiger partial charge in [-0.1, -0.05) is 42.5 Å². The lowest BCUT2D eigenvalue weighted by Crippen LogP contribution is -2.48. The zero-order valence-electron chi connectivity index (χ0n) is 15.7. The molecule has 1 aliphatic heterocycles. The summed E-state index contributed by atoms with van der Waals surface area (Å²) in [4.78, 5) is 5.27. The highest BCUT2D eigenvalue weighted by Crippen LogP contribution is 2.31. The summed E-state index contributed by atoms with van der Waals surface area (Å²) < 4.78 is 0. The van der Waals surface area contributed by atoms with E-state index in [0.717, 1.165) is 25.4 Å². The van der Waals surface area contributed by atoms with Crippen LogP contribution in [0.1, 0.15) is 30.0 Å². The Morgan fingerprint density at radius 3 is 2.22 bits per heavy atom. The molecule has 0 aromatic heterocycles. The molecule has 1 heterocycles. The number of nitrogens with zero attached hydrogens (tertiary/aromatic N) is 2. The summed E-state index contributed by atoms with van der Waals surface area (Å²) in [7, 11) is 0. The molecule has 1 atom stereocenters. The Kier molecular flexibility index (Phi) is 8.43. The Morgan fingerprint density at radius 1 is 0.889 bits per heavy atom. The normalized spacial score (nSPS) is 19.0. The maximum atomic E-state index is 9.81. The van der Waals surface area contributed by atoms with E-state index in [-0.39, 0.29) is 24.8 Å². The van der Waals surface area contributed by atoms with Gasteiger partial charge in [0, 0.05) is 38.8 Å². The standard InChI is InChI=1S/C22H28N2O.2ClH/c25-21-8-4-5-19(15-21)16-22(20-6-2-1-3-7-20)24-13-11-23(12-14-24)17-18-9-10-18;;/h1-8,15,18,22,25H,9-14,16-17H2;2*1H. The maximum Gasteiger partial charge on any atom is 0.115 e. The first-order valence-electron chi connectivity index (χ1n) is 9.57. The van der Waals surface area contributed by atoms with Gasteiger partial charge in [0.25, 0.3) is 0 Å². The second-order valence-corrected chi connectivity index (χ2v) is 7.58. The second kappa shape index (κ2) is 10.3. The molecule has 0 radical (unpaired) electrons. The average molecular weight is 409 g/mol. The van der Waals surface area contributed by atoms with Crippen LogP contribution in [0.4, 0.5) is 0 Å². The molecule has 1 saturated heterocycles. The molecule has 2 aromatic carbocycles. The molecule has 1 saturated carbocycles. The number of phenols is 1. The Morgan fingerprint density at radius 2 is 1.59 bits per heavy atom. The van der Waals surface area contributed by atoms with Crippen LogP contribution in [0.2, 0.25) is 0 Å². The van der Waals surface area contributed by atoms with Crippen molar-refractivity contribution in [2.75, 3.05) is 32.7 Å². The first-order chi connectivity index (χ1) is 12.3. The van der Waals surface area contributed by atoms with Crippen molar-refractivity contribution in [1.82, 2.24) is 9.80 Å². The largest absolute Gasteiger partial charge is 0.508 e. The van der Waals surface area contributed by atoms with E-state index in [0.29, 0.717) is 11.8 Å². The number of hydrogen-bond acceptors (Lipinski definition) is 3. The molecule has 1 aliphatic carbocycles. The Bertz CT molecular complexity index is 686. The molecule has 2 aromatic rings. The number of aromatic hydroxyl groups is 1. The number of rotatable bonds is 6. The second-order valence-electron chi connectivity index (χ2n) is 7.58. The third kappa shape index (κ3) is 6.11. The van der Waals surface area contributed by atoms with Gasteiger partial charge in [-0.3, -0.25) is 4.90 Å². The van der Waals surface area contributed by atoms with E-state index in [4.69, 9.17) is 0 Å². The summed E-state index contributed by atoms with van der Waals surface area (Å²) in [6.45, 7) is 5.92. The van der Waals surface area contributed by atoms with Crippen LogP contribution in [0.3, 0.4) is 0 Å². The van der Waals surface area contributed by atoms with Crippen LogP contribution in [0.5, 0.6) is 5.75 Å². The minimum atomic E-state index is 0. The molecule has 2 fully saturated rings. The van der Waals surface area contributed by atoms with Gasteiger partial charge in [0.05, 0.1) is 0 Å². The monoisotopic (exact) mass is 408 g/mol. The minimum absolute atomic E-state index is 0. The van der Waals surface area contributed by atoms with Gasteiger partial charge >= 0.3 is 0 Å². The van der Waals surface area contributed by atoms with E-state index in [1.165, 1.54) is 43.6 Å². The molecule has 27 heavy (non-hydrogen) atoms. The van der Waals surface area contributed by atoms with Gasteiger partial charge in [-0.15, -0.1) is 24.8 Å². The molecular formula is C22H30Cl2N2O. The molecule has 5 heteroatoms. The number of halogens is 2. The summed E-state index contributed by atoms with van der Waals surface area (Å²) in [6.07, 6.45) is 3.82. The highest BCUT2D eigenvalue weighted by molar-refractivity contribution is 5.85. The van der Waals surface area contributed by atoms with Gasteiger partial charge in [-0.05, 0) is 48.4 Å². The van der Waals surface area contributed by atoms with Crippen molar-refractivity contribution in [2.24, 2.45) is 5.92 Å². The van der Waals surface area contributed by atoms with Crippen molar-refractivity contribution in [3.05, 3.63) is 65.7 Å². The van der Waals surface area contributed by atoms with Crippen LogP contribution in [-0.2, 0) is 6.42 Å². The highest BCUT2D eigenvalue weighted by atomic mass is 35.5. The molecule has 148 valence electrons. The first-order valence-corrected chi connectivity index (χ1v) is 9.57. The number of phenolic OH excluding ortho intramolecular Hbond substituents is 1. The molecule has 0 amide bonds. The molecule has 0 spiro atoms. The summed E-state index contributed by atoms with van der Waals surface area (Å²) >= 11 is 0. The van der Waals surface area contributed by atoms with E-state index < -0.39 is 0 Å². The van der Waals surface area contributed by atoms with E-state index in [9.17, 15) is 5.11 Å². The van der Waals surface area contributed by atoms with Crippen LogP contribution in [-0.4, -0.2) is 47.6 Å². The zero-order valence-corrected chi connectivity index (χ0v) is 17.3. The lowest BCUT2D eigenvalue weighted by atomic mass is 9.96. The molecule has 1 N–H and O–H groups in total. The van der Waals surface area contributed by atoms with Crippen molar-refractivity contribution in [3.63, 3.8) is 0 Å². The van der Waals surface area contributed by atoms with E-state index in [1.54, 1.807) is 6.07 Å². The van der Waals surface area contributed by atoms with Crippen molar-refractivity contribution in [2.45, 2.75) is 25.3 Å². The van der Waals surface area contributed by atoms with Crippen molar-refractivity contribution >= 4 is 24.8 Å². The fraction of sp³-hybridized carbons (Fsp3) is 0.455. The lowest BCUT2D eigenvalue weighted by Gasteiger charge is -2.39. The predicted octanol–water partition coefficient (Wildman–Crippen LogP) is 4.55. The van der Waals surface area contributed by atoms with Crippen LogP contribution < -0.4 is 0 Å². The van der Waals surface area contributed by atoms with Crippen molar-refractivity contribution < 1.29 is 5.11 Å².